The van der Waals surface area contributed by atoms with Gasteiger partial charge in [0, 0.05) is 23.5 Å². The van der Waals surface area contributed by atoms with E-state index < -0.39 is 11.8 Å². The molecule has 138 valence electrons. The van der Waals surface area contributed by atoms with Crippen LogP contribution in [0.5, 0.6) is 17.2 Å². The zero-order valence-corrected chi connectivity index (χ0v) is 15.4. The van der Waals surface area contributed by atoms with Gasteiger partial charge in [0.2, 0.25) is 5.75 Å². The van der Waals surface area contributed by atoms with Crippen LogP contribution in [0.15, 0.2) is 30.3 Å². The van der Waals surface area contributed by atoms with Gasteiger partial charge in [0.15, 0.2) is 11.5 Å². The van der Waals surface area contributed by atoms with Crippen LogP contribution >= 0.6 is 0 Å². The molecule has 2 aromatic carbocycles. The number of nitrogens with one attached hydrogen (secondary N) is 2. The van der Waals surface area contributed by atoms with E-state index in [1.54, 1.807) is 18.2 Å². The Labute approximate surface area is 152 Å². The number of amides is 2. The number of hydrogen-bond donors (Lipinski definition) is 2. The molecule has 2 N–H and O–H groups in total. The molecule has 0 aromatic heterocycles. The van der Waals surface area contributed by atoms with E-state index >= 15 is 0 Å². The van der Waals surface area contributed by atoms with Crippen molar-refractivity contribution >= 4 is 23.2 Å². The minimum atomic E-state index is -0.806. The number of carbonyl (C=O) groups is 2. The third kappa shape index (κ3) is 4.24. The van der Waals surface area contributed by atoms with Crippen LogP contribution in [0, 0.1) is 13.8 Å². The Balaban J connectivity index is 2.17. The number of methoxy groups -OCH3 is 3. The molecule has 0 aliphatic carbocycles. The smallest absolute Gasteiger partial charge is 0.314 e. The summed E-state index contributed by atoms with van der Waals surface area (Å²) < 4.78 is 15.7. The fourth-order valence-corrected chi connectivity index (χ4v) is 2.47. The summed E-state index contributed by atoms with van der Waals surface area (Å²) in [5, 5.41) is 5.13. The molecule has 0 unspecified atom stereocenters. The number of anilines is 2. The van der Waals surface area contributed by atoms with Crippen molar-refractivity contribution in [2.45, 2.75) is 13.8 Å². The number of benzene rings is 2. The summed E-state index contributed by atoms with van der Waals surface area (Å²) in [5.41, 5.74) is 2.88. The van der Waals surface area contributed by atoms with Gasteiger partial charge in [-0.05, 0) is 25.5 Å². The van der Waals surface area contributed by atoms with Crippen molar-refractivity contribution in [2.24, 2.45) is 0 Å². The highest BCUT2D eigenvalue weighted by Crippen LogP contribution is 2.39. The van der Waals surface area contributed by atoms with Gasteiger partial charge in [-0.15, -0.1) is 0 Å². The lowest BCUT2D eigenvalue weighted by molar-refractivity contribution is -0.133. The van der Waals surface area contributed by atoms with E-state index in [9.17, 15) is 9.59 Å². The van der Waals surface area contributed by atoms with E-state index in [0.717, 1.165) is 11.1 Å². The molecular formula is C19H22N2O5. The number of carbonyl (C=O) groups excluding carboxylic acids is 2. The first-order valence-corrected chi connectivity index (χ1v) is 7.89. The topological polar surface area (TPSA) is 85.9 Å². The summed E-state index contributed by atoms with van der Waals surface area (Å²) in [6.45, 7) is 3.81. The predicted molar refractivity (Wildman–Crippen MR) is 99.3 cm³/mol. The van der Waals surface area contributed by atoms with Crippen LogP contribution in [-0.4, -0.2) is 33.1 Å². The van der Waals surface area contributed by atoms with E-state index in [0.29, 0.717) is 28.6 Å². The van der Waals surface area contributed by atoms with Gasteiger partial charge in [-0.25, -0.2) is 0 Å². The molecule has 0 saturated heterocycles. The van der Waals surface area contributed by atoms with Crippen molar-refractivity contribution in [3.8, 4) is 17.2 Å². The zero-order chi connectivity index (χ0) is 19.3. The Morgan fingerprint density at radius 1 is 0.808 bits per heavy atom. The quantitative estimate of drug-likeness (QED) is 0.803. The van der Waals surface area contributed by atoms with Gasteiger partial charge >= 0.3 is 11.8 Å². The average molecular weight is 358 g/mol. The average Bonchev–Trinajstić information content (AvgIpc) is 2.62. The Kier molecular flexibility index (Phi) is 6.06. The summed E-state index contributed by atoms with van der Waals surface area (Å²) in [4.78, 5) is 24.4. The van der Waals surface area contributed by atoms with Crippen LogP contribution in [0.1, 0.15) is 11.1 Å². The van der Waals surface area contributed by atoms with Crippen molar-refractivity contribution in [1.29, 1.82) is 0 Å². The second-order valence-electron chi connectivity index (χ2n) is 5.64. The van der Waals surface area contributed by atoms with Crippen LogP contribution in [0.4, 0.5) is 11.4 Å². The first-order chi connectivity index (χ1) is 12.4. The summed E-state index contributed by atoms with van der Waals surface area (Å²) in [5.74, 6) is -0.438. The van der Waals surface area contributed by atoms with Gasteiger partial charge in [0.25, 0.3) is 0 Å². The second-order valence-corrected chi connectivity index (χ2v) is 5.64. The normalized spacial score (nSPS) is 10.0. The summed E-state index contributed by atoms with van der Waals surface area (Å²) in [7, 11) is 4.42. The van der Waals surface area contributed by atoms with E-state index in [1.165, 1.54) is 21.3 Å². The molecule has 26 heavy (non-hydrogen) atoms. The summed E-state index contributed by atoms with van der Waals surface area (Å²) >= 11 is 0. The first-order valence-electron chi connectivity index (χ1n) is 7.89. The molecule has 0 heterocycles. The highest BCUT2D eigenvalue weighted by molar-refractivity contribution is 6.43. The maximum atomic E-state index is 12.2. The molecule has 0 saturated carbocycles. The number of aryl methyl sites for hydroxylation is 2. The Hall–Kier alpha value is -3.22. The Bertz CT molecular complexity index is 808. The van der Waals surface area contributed by atoms with E-state index in [1.807, 2.05) is 26.0 Å². The standard InChI is InChI=1S/C19H22N2O5/c1-11-6-7-14(12(2)8-11)21-19(23)18(22)20-13-9-15(24-3)17(26-5)16(10-13)25-4/h6-10H,1-5H3,(H,20,22)(H,21,23). The highest BCUT2D eigenvalue weighted by atomic mass is 16.5. The van der Waals surface area contributed by atoms with Crippen molar-refractivity contribution in [2.75, 3.05) is 32.0 Å². The molecule has 0 fully saturated rings. The zero-order valence-electron chi connectivity index (χ0n) is 15.4. The van der Waals surface area contributed by atoms with Gasteiger partial charge in [-0.2, -0.15) is 0 Å². The van der Waals surface area contributed by atoms with Gasteiger partial charge in [0.1, 0.15) is 0 Å². The van der Waals surface area contributed by atoms with Crippen LogP contribution in [0.3, 0.4) is 0 Å². The Morgan fingerprint density at radius 3 is 1.88 bits per heavy atom. The van der Waals surface area contributed by atoms with Crippen molar-refractivity contribution in [1.82, 2.24) is 0 Å². The van der Waals surface area contributed by atoms with Crippen LogP contribution in [-0.2, 0) is 9.59 Å². The monoisotopic (exact) mass is 358 g/mol. The molecule has 0 aliphatic rings. The van der Waals surface area contributed by atoms with Crippen molar-refractivity contribution in [3.05, 3.63) is 41.5 Å². The largest absolute Gasteiger partial charge is 0.493 e. The van der Waals surface area contributed by atoms with Crippen molar-refractivity contribution < 1.29 is 23.8 Å². The molecule has 7 heteroatoms. The van der Waals surface area contributed by atoms with Crippen LogP contribution in [0.2, 0.25) is 0 Å². The summed E-state index contributed by atoms with van der Waals surface area (Å²) in [6.07, 6.45) is 0. The fraction of sp³-hybridized carbons (Fsp3) is 0.263. The number of ether oxygens (including phenoxy) is 3. The van der Waals surface area contributed by atoms with E-state index in [-0.39, 0.29) is 0 Å². The van der Waals surface area contributed by atoms with E-state index in [4.69, 9.17) is 14.2 Å². The molecule has 7 nitrogen and oxygen atoms in total. The lowest BCUT2D eigenvalue weighted by Gasteiger charge is -2.14. The SMILES string of the molecule is COc1cc(NC(=O)C(=O)Nc2ccc(C)cc2C)cc(OC)c1OC. The molecule has 0 atom stereocenters. The second kappa shape index (κ2) is 8.24. The Morgan fingerprint density at radius 2 is 1.38 bits per heavy atom. The molecule has 0 bridgehead atoms. The van der Waals surface area contributed by atoms with Crippen molar-refractivity contribution in [3.63, 3.8) is 0 Å². The van der Waals surface area contributed by atoms with E-state index in [2.05, 4.69) is 10.6 Å². The minimum absolute atomic E-state index is 0.347. The molecular weight excluding hydrogens is 336 g/mol. The molecule has 2 rings (SSSR count). The minimum Gasteiger partial charge on any atom is -0.493 e. The van der Waals surface area contributed by atoms with Gasteiger partial charge < -0.3 is 24.8 Å². The lowest BCUT2D eigenvalue weighted by Crippen LogP contribution is -2.29. The molecule has 2 amide bonds. The number of hydrogen-bond acceptors (Lipinski definition) is 5. The van der Waals surface area contributed by atoms with Crippen LogP contribution in [0.25, 0.3) is 0 Å². The molecule has 0 radical (unpaired) electrons. The first kappa shape index (κ1) is 19.1. The molecule has 2 aromatic rings. The summed E-state index contributed by atoms with van der Waals surface area (Å²) in [6, 6.07) is 8.63. The predicted octanol–water partition coefficient (Wildman–Crippen LogP) is 2.91. The molecule has 0 spiro atoms. The van der Waals surface area contributed by atoms with Gasteiger partial charge in [-0.3, -0.25) is 9.59 Å². The maximum Gasteiger partial charge on any atom is 0.314 e. The number of rotatable bonds is 5. The van der Waals surface area contributed by atoms with Gasteiger partial charge in [0.05, 0.1) is 21.3 Å². The highest BCUT2D eigenvalue weighted by Gasteiger charge is 2.18. The lowest BCUT2D eigenvalue weighted by atomic mass is 10.1. The molecule has 0 aliphatic heterocycles. The fourth-order valence-electron chi connectivity index (χ4n) is 2.47. The maximum absolute atomic E-state index is 12.2. The van der Waals surface area contributed by atoms with Crippen LogP contribution < -0.4 is 24.8 Å². The third-order valence-electron chi connectivity index (χ3n) is 3.76. The third-order valence-corrected chi connectivity index (χ3v) is 3.76. The van der Waals surface area contributed by atoms with Gasteiger partial charge in [-0.1, -0.05) is 17.7 Å².